The number of benzene rings is 1. The molecule has 1 heterocycles. The lowest BCUT2D eigenvalue weighted by Gasteiger charge is -2.32. The summed E-state index contributed by atoms with van der Waals surface area (Å²) in [5.74, 6) is -0.650. The van der Waals surface area contributed by atoms with Crippen LogP contribution in [-0.4, -0.2) is 31.2 Å². The number of nitrogens with two attached hydrogens (primary N) is 1. The van der Waals surface area contributed by atoms with Gasteiger partial charge in [0.2, 0.25) is 15.9 Å². The lowest BCUT2D eigenvalue weighted by atomic mass is 10.0. The molecule has 6 nitrogen and oxygen atoms in total. The van der Waals surface area contributed by atoms with Gasteiger partial charge in [-0.15, -0.1) is 0 Å². The average Bonchev–Trinajstić information content (AvgIpc) is 2.47. The van der Waals surface area contributed by atoms with E-state index in [2.05, 4.69) is 0 Å². The summed E-state index contributed by atoms with van der Waals surface area (Å²) >= 11 is 0. The van der Waals surface area contributed by atoms with E-state index in [0.717, 1.165) is 10.7 Å². The number of primary amides is 1. The van der Waals surface area contributed by atoms with Crippen LogP contribution in [0.5, 0.6) is 0 Å². The van der Waals surface area contributed by atoms with Crippen LogP contribution >= 0.6 is 0 Å². The van der Waals surface area contributed by atoms with Gasteiger partial charge in [-0.05, 0) is 25.0 Å². The first kappa shape index (κ1) is 14.5. The van der Waals surface area contributed by atoms with Crippen LogP contribution in [0.4, 0.5) is 0 Å². The molecule has 1 aromatic rings. The van der Waals surface area contributed by atoms with E-state index in [1.54, 1.807) is 12.1 Å². The predicted molar refractivity (Wildman–Crippen MR) is 71.9 cm³/mol. The lowest BCUT2D eigenvalue weighted by Crippen LogP contribution is -2.50. The number of carbonyl (C=O) groups excluding carboxylic acids is 1. The van der Waals surface area contributed by atoms with Crippen LogP contribution in [0.25, 0.3) is 0 Å². The van der Waals surface area contributed by atoms with Crippen molar-refractivity contribution in [3.63, 3.8) is 0 Å². The van der Waals surface area contributed by atoms with Gasteiger partial charge in [0.25, 0.3) is 0 Å². The normalized spacial score (nSPS) is 20.2. The summed E-state index contributed by atoms with van der Waals surface area (Å²) in [5.41, 5.74) is 5.36. The van der Waals surface area contributed by atoms with Gasteiger partial charge < -0.3 is 5.73 Å². The fourth-order valence-corrected chi connectivity index (χ4v) is 4.20. The van der Waals surface area contributed by atoms with Crippen molar-refractivity contribution in [1.29, 1.82) is 5.26 Å². The zero-order valence-corrected chi connectivity index (χ0v) is 11.6. The number of rotatable bonds is 3. The Morgan fingerprint density at radius 3 is 2.70 bits per heavy atom. The highest BCUT2D eigenvalue weighted by atomic mass is 32.2. The van der Waals surface area contributed by atoms with E-state index in [1.165, 1.54) is 12.1 Å². The lowest BCUT2D eigenvalue weighted by molar-refractivity contribution is -0.122. The van der Waals surface area contributed by atoms with Crippen LogP contribution in [0.3, 0.4) is 0 Å². The molecule has 0 aliphatic carbocycles. The maximum atomic E-state index is 12.6. The molecule has 1 amide bonds. The monoisotopic (exact) mass is 293 g/mol. The smallest absolute Gasteiger partial charge is 0.245 e. The van der Waals surface area contributed by atoms with Crippen molar-refractivity contribution in [2.24, 2.45) is 5.73 Å². The highest BCUT2D eigenvalue weighted by molar-refractivity contribution is 7.89. The van der Waals surface area contributed by atoms with Crippen LogP contribution in [0.2, 0.25) is 0 Å². The van der Waals surface area contributed by atoms with Crippen LogP contribution < -0.4 is 5.73 Å². The van der Waals surface area contributed by atoms with Gasteiger partial charge in [0, 0.05) is 6.54 Å². The number of amides is 1. The number of hydrogen-bond acceptors (Lipinski definition) is 4. The van der Waals surface area contributed by atoms with Gasteiger partial charge in [-0.3, -0.25) is 4.79 Å². The highest BCUT2D eigenvalue weighted by Gasteiger charge is 2.37. The Morgan fingerprint density at radius 1 is 1.35 bits per heavy atom. The third-order valence-corrected chi connectivity index (χ3v) is 5.34. The number of nitriles is 1. The number of nitrogens with zero attached hydrogens (tertiary/aromatic N) is 2. The van der Waals surface area contributed by atoms with Gasteiger partial charge in [0.05, 0.1) is 10.5 Å². The Morgan fingerprint density at radius 2 is 2.05 bits per heavy atom. The van der Waals surface area contributed by atoms with Crippen LogP contribution in [0, 0.1) is 11.3 Å². The molecule has 2 N–H and O–H groups in total. The first-order valence-corrected chi connectivity index (χ1v) is 7.73. The third kappa shape index (κ3) is 2.53. The SMILES string of the molecule is N#Cc1ccccc1S(=O)(=O)N1CCCC[C@@H]1C(N)=O. The molecule has 2 rings (SSSR count). The molecule has 0 radical (unpaired) electrons. The van der Waals surface area contributed by atoms with E-state index in [1.807, 2.05) is 6.07 Å². The Labute approximate surface area is 117 Å². The molecule has 0 saturated carbocycles. The van der Waals surface area contributed by atoms with E-state index in [0.29, 0.717) is 12.8 Å². The van der Waals surface area contributed by atoms with Gasteiger partial charge in [-0.25, -0.2) is 8.42 Å². The maximum absolute atomic E-state index is 12.6. The minimum atomic E-state index is -3.89. The molecule has 7 heteroatoms. The van der Waals surface area contributed by atoms with Crippen LogP contribution in [0.15, 0.2) is 29.2 Å². The Kier molecular flexibility index (Phi) is 4.06. The number of hydrogen-bond donors (Lipinski definition) is 1. The van der Waals surface area contributed by atoms with Crippen molar-refractivity contribution in [3.05, 3.63) is 29.8 Å². The Hall–Kier alpha value is -1.91. The van der Waals surface area contributed by atoms with Gasteiger partial charge >= 0.3 is 0 Å². The van der Waals surface area contributed by atoms with E-state index in [-0.39, 0.29) is 17.0 Å². The van der Waals surface area contributed by atoms with Crippen LogP contribution in [-0.2, 0) is 14.8 Å². The Balaban J connectivity index is 2.48. The van der Waals surface area contributed by atoms with E-state index in [9.17, 15) is 13.2 Å². The van der Waals surface area contributed by atoms with E-state index in [4.69, 9.17) is 11.0 Å². The third-order valence-electron chi connectivity index (χ3n) is 3.38. The summed E-state index contributed by atoms with van der Waals surface area (Å²) in [7, 11) is -3.89. The van der Waals surface area contributed by atoms with Crippen molar-refractivity contribution >= 4 is 15.9 Å². The minimum absolute atomic E-state index is 0.0706. The molecule has 106 valence electrons. The first-order valence-electron chi connectivity index (χ1n) is 6.29. The second-order valence-electron chi connectivity index (χ2n) is 4.64. The number of piperidine rings is 1. The fraction of sp³-hybridized carbons (Fsp3) is 0.385. The van der Waals surface area contributed by atoms with Crippen molar-refractivity contribution in [2.75, 3.05) is 6.54 Å². The number of sulfonamides is 1. The zero-order chi connectivity index (χ0) is 14.8. The molecule has 1 aromatic carbocycles. The molecule has 20 heavy (non-hydrogen) atoms. The molecule has 0 bridgehead atoms. The largest absolute Gasteiger partial charge is 0.368 e. The molecule has 0 spiro atoms. The summed E-state index contributed by atoms with van der Waals surface area (Å²) in [6, 6.07) is 7.00. The molecule has 1 aliphatic rings. The molecule has 0 unspecified atom stereocenters. The van der Waals surface area contributed by atoms with Crippen LogP contribution in [0.1, 0.15) is 24.8 Å². The summed E-state index contributed by atoms with van der Waals surface area (Å²) < 4.78 is 26.4. The standard InChI is InChI=1S/C13H15N3O3S/c14-9-10-5-1-2-7-12(10)20(18,19)16-8-4-3-6-11(16)13(15)17/h1-2,5,7,11H,3-4,6,8H2,(H2,15,17)/t11-/m1/s1. The van der Waals surface area contributed by atoms with Gasteiger partial charge in [0.1, 0.15) is 12.1 Å². The summed E-state index contributed by atoms with van der Waals surface area (Å²) in [4.78, 5) is 11.4. The van der Waals surface area contributed by atoms with Crippen molar-refractivity contribution in [2.45, 2.75) is 30.2 Å². The van der Waals surface area contributed by atoms with Gasteiger partial charge in [-0.2, -0.15) is 9.57 Å². The van der Waals surface area contributed by atoms with Gasteiger partial charge in [0.15, 0.2) is 0 Å². The maximum Gasteiger partial charge on any atom is 0.245 e. The Bertz CT molecular complexity index is 664. The second kappa shape index (κ2) is 5.61. The summed E-state index contributed by atoms with van der Waals surface area (Å²) in [6.45, 7) is 0.246. The molecule has 1 atom stereocenters. The topological polar surface area (TPSA) is 104 Å². The predicted octanol–water partition coefficient (Wildman–Crippen LogP) is 0.587. The minimum Gasteiger partial charge on any atom is -0.368 e. The molecule has 1 fully saturated rings. The van der Waals surface area contributed by atoms with Crippen molar-refractivity contribution in [1.82, 2.24) is 4.31 Å². The second-order valence-corrected chi connectivity index (χ2v) is 6.50. The first-order chi connectivity index (χ1) is 9.48. The molecule has 0 aromatic heterocycles. The van der Waals surface area contributed by atoms with E-state index < -0.39 is 22.0 Å². The molecular formula is C13H15N3O3S. The van der Waals surface area contributed by atoms with E-state index >= 15 is 0 Å². The highest BCUT2D eigenvalue weighted by Crippen LogP contribution is 2.26. The average molecular weight is 293 g/mol. The number of carbonyl (C=O) groups is 1. The quantitative estimate of drug-likeness (QED) is 0.880. The summed E-state index contributed by atoms with van der Waals surface area (Å²) in [6.07, 6.45) is 1.86. The van der Waals surface area contributed by atoms with Crippen molar-refractivity contribution in [3.8, 4) is 6.07 Å². The molecule has 1 aliphatic heterocycles. The van der Waals surface area contributed by atoms with Gasteiger partial charge in [-0.1, -0.05) is 18.6 Å². The fourth-order valence-electron chi connectivity index (χ4n) is 2.39. The molecule has 1 saturated heterocycles. The summed E-state index contributed by atoms with van der Waals surface area (Å²) in [5, 5.41) is 9.03. The van der Waals surface area contributed by atoms with Crippen molar-refractivity contribution < 1.29 is 13.2 Å². The molecular weight excluding hydrogens is 278 g/mol. The zero-order valence-electron chi connectivity index (χ0n) is 10.8.